The van der Waals surface area contributed by atoms with Gasteiger partial charge in [-0.1, -0.05) is 31.5 Å². The first-order valence-electron chi connectivity index (χ1n) is 7.94. The van der Waals surface area contributed by atoms with Crippen molar-refractivity contribution in [1.29, 1.82) is 0 Å². The van der Waals surface area contributed by atoms with Gasteiger partial charge in [0, 0.05) is 10.4 Å². The molecular weight excluding hydrogens is 308 g/mol. The van der Waals surface area contributed by atoms with Crippen LogP contribution in [0.2, 0.25) is 0 Å². The molecule has 120 valence electrons. The zero-order valence-electron chi connectivity index (χ0n) is 13.1. The Hall–Kier alpha value is -2.14. The number of rotatable bonds is 3. The topological polar surface area (TPSA) is 58.2 Å². The smallest absolute Gasteiger partial charge is 0.267 e. The molecule has 1 atom stereocenters. The van der Waals surface area contributed by atoms with Crippen LogP contribution < -0.4 is 10.9 Å². The van der Waals surface area contributed by atoms with Gasteiger partial charge in [0.15, 0.2) is 0 Å². The third-order valence-corrected chi connectivity index (χ3v) is 5.55. The summed E-state index contributed by atoms with van der Waals surface area (Å²) in [5, 5.41) is 0. The Bertz CT molecular complexity index is 709. The first-order valence-corrected chi connectivity index (χ1v) is 8.76. The van der Waals surface area contributed by atoms with E-state index in [0.717, 1.165) is 18.8 Å². The summed E-state index contributed by atoms with van der Waals surface area (Å²) in [5.41, 5.74) is 6.79. The van der Waals surface area contributed by atoms with E-state index in [-0.39, 0.29) is 11.8 Å². The number of hydrazine groups is 1. The van der Waals surface area contributed by atoms with Crippen LogP contribution in [0.5, 0.6) is 0 Å². The van der Waals surface area contributed by atoms with Crippen LogP contribution in [0.15, 0.2) is 36.4 Å². The maximum atomic E-state index is 12.2. The normalized spacial score (nSPS) is 16.5. The molecule has 1 heterocycles. The van der Waals surface area contributed by atoms with Crippen molar-refractivity contribution in [2.24, 2.45) is 5.92 Å². The summed E-state index contributed by atoms with van der Waals surface area (Å²) in [7, 11) is 0. The lowest BCUT2D eigenvalue weighted by atomic mass is 9.87. The number of carbonyl (C=O) groups excluding carboxylic acids is 2. The molecule has 2 aromatic rings. The Balaban J connectivity index is 1.61. The van der Waals surface area contributed by atoms with Crippen LogP contribution in [0.4, 0.5) is 0 Å². The Morgan fingerprint density at radius 1 is 1.17 bits per heavy atom. The minimum absolute atomic E-state index is 0.248. The number of hydrogen-bond donors (Lipinski definition) is 2. The highest BCUT2D eigenvalue weighted by atomic mass is 32.1. The summed E-state index contributed by atoms with van der Waals surface area (Å²) in [6.07, 6.45) is 4.51. The SMILES string of the molecule is CC[C@@H]1CCc2sc(C(=O)NNC(=O)c3ccccc3)cc2C1. The zero-order chi connectivity index (χ0) is 16.2. The van der Waals surface area contributed by atoms with Crippen molar-refractivity contribution in [2.75, 3.05) is 0 Å². The van der Waals surface area contributed by atoms with Crippen molar-refractivity contribution in [2.45, 2.75) is 32.6 Å². The fourth-order valence-corrected chi connectivity index (χ4v) is 4.00. The second-order valence-corrected chi connectivity index (χ2v) is 6.99. The van der Waals surface area contributed by atoms with Crippen molar-refractivity contribution >= 4 is 23.2 Å². The van der Waals surface area contributed by atoms with Gasteiger partial charge in [0.2, 0.25) is 0 Å². The molecule has 1 aliphatic rings. The van der Waals surface area contributed by atoms with E-state index in [4.69, 9.17) is 0 Å². The van der Waals surface area contributed by atoms with E-state index in [2.05, 4.69) is 17.8 Å². The lowest BCUT2D eigenvalue weighted by Gasteiger charge is -2.19. The summed E-state index contributed by atoms with van der Waals surface area (Å²) >= 11 is 1.54. The fraction of sp³-hybridized carbons (Fsp3) is 0.333. The minimum Gasteiger partial charge on any atom is -0.267 e. The Morgan fingerprint density at radius 3 is 2.65 bits per heavy atom. The fourth-order valence-electron chi connectivity index (χ4n) is 2.90. The van der Waals surface area contributed by atoms with Crippen molar-refractivity contribution in [1.82, 2.24) is 10.9 Å². The molecule has 1 aromatic heterocycles. The lowest BCUT2D eigenvalue weighted by molar-refractivity contribution is 0.0849. The average molecular weight is 328 g/mol. The maximum Gasteiger partial charge on any atom is 0.279 e. The predicted octanol–water partition coefficient (Wildman–Crippen LogP) is 3.34. The molecule has 5 heteroatoms. The summed E-state index contributed by atoms with van der Waals surface area (Å²) in [6.45, 7) is 2.22. The number of nitrogens with one attached hydrogen (secondary N) is 2. The highest BCUT2D eigenvalue weighted by Crippen LogP contribution is 2.33. The van der Waals surface area contributed by atoms with Gasteiger partial charge in [-0.05, 0) is 48.9 Å². The van der Waals surface area contributed by atoms with Crippen molar-refractivity contribution in [3.8, 4) is 0 Å². The molecule has 1 aliphatic carbocycles. The number of fused-ring (bicyclic) bond motifs is 1. The van der Waals surface area contributed by atoms with Crippen LogP contribution in [-0.2, 0) is 12.8 Å². The molecule has 1 aromatic carbocycles. The molecule has 0 aliphatic heterocycles. The Morgan fingerprint density at radius 2 is 1.91 bits per heavy atom. The van der Waals surface area contributed by atoms with Crippen LogP contribution >= 0.6 is 11.3 Å². The van der Waals surface area contributed by atoms with E-state index in [9.17, 15) is 9.59 Å². The van der Waals surface area contributed by atoms with E-state index >= 15 is 0 Å². The molecule has 2 amide bonds. The molecule has 0 radical (unpaired) electrons. The Labute approximate surface area is 139 Å². The predicted molar refractivity (Wildman–Crippen MR) is 91.5 cm³/mol. The van der Waals surface area contributed by atoms with Crippen molar-refractivity contribution in [3.63, 3.8) is 0 Å². The first kappa shape index (κ1) is 15.7. The third-order valence-electron chi connectivity index (χ3n) is 4.31. The number of carbonyl (C=O) groups is 2. The van der Waals surface area contributed by atoms with Gasteiger partial charge >= 0.3 is 0 Å². The van der Waals surface area contributed by atoms with Crippen LogP contribution in [0.3, 0.4) is 0 Å². The Kier molecular flexibility index (Phi) is 4.76. The molecule has 0 fully saturated rings. The number of aryl methyl sites for hydroxylation is 1. The molecule has 2 N–H and O–H groups in total. The highest BCUT2D eigenvalue weighted by Gasteiger charge is 2.22. The highest BCUT2D eigenvalue weighted by molar-refractivity contribution is 7.14. The molecule has 0 spiro atoms. The van der Waals surface area contributed by atoms with Gasteiger partial charge in [-0.15, -0.1) is 11.3 Å². The number of amides is 2. The van der Waals surface area contributed by atoms with Crippen molar-refractivity contribution < 1.29 is 9.59 Å². The molecular formula is C18H20N2O2S. The molecule has 23 heavy (non-hydrogen) atoms. The van der Waals surface area contributed by atoms with Gasteiger partial charge < -0.3 is 0 Å². The second kappa shape index (κ2) is 6.96. The van der Waals surface area contributed by atoms with Gasteiger partial charge in [0.1, 0.15) is 0 Å². The minimum atomic E-state index is -0.314. The first-order chi connectivity index (χ1) is 11.2. The average Bonchev–Trinajstić information content (AvgIpc) is 3.03. The van der Waals surface area contributed by atoms with Gasteiger partial charge in [-0.25, -0.2) is 0 Å². The molecule has 0 saturated heterocycles. The van der Waals surface area contributed by atoms with Crippen LogP contribution in [-0.4, -0.2) is 11.8 Å². The summed E-state index contributed by atoms with van der Waals surface area (Å²) < 4.78 is 0. The molecule has 0 unspecified atom stereocenters. The maximum absolute atomic E-state index is 12.2. The van der Waals surface area contributed by atoms with Gasteiger partial charge in [-0.3, -0.25) is 20.4 Å². The van der Waals surface area contributed by atoms with Gasteiger partial charge in [0.05, 0.1) is 4.88 Å². The summed E-state index contributed by atoms with van der Waals surface area (Å²) in [5.74, 6) is 0.166. The van der Waals surface area contributed by atoms with E-state index in [1.807, 2.05) is 12.1 Å². The number of benzene rings is 1. The summed E-state index contributed by atoms with van der Waals surface area (Å²) in [4.78, 5) is 26.1. The number of thiophene rings is 1. The van der Waals surface area contributed by atoms with E-state index in [1.54, 1.807) is 35.6 Å². The molecule has 0 bridgehead atoms. The quantitative estimate of drug-likeness (QED) is 0.849. The van der Waals surface area contributed by atoms with E-state index in [1.165, 1.54) is 23.3 Å². The van der Waals surface area contributed by atoms with Gasteiger partial charge in [0.25, 0.3) is 11.8 Å². The van der Waals surface area contributed by atoms with Crippen molar-refractivity contribution in [3.05, 3.63) is 57.3 Å². The van der Waals surface area contributed by atoms with Crippen LogP contribution in [0, 0.1) is 5.92 Å². The van der Waals surface area contributed by atoms with Gasteiger partial charge in [-0.2, -0.15) is 0 Å². The largest absolute Gasteiger partial charge is 0.279 e. The van der Waals surface area contributed by atoms with Crippen LogP contribution in [0.25, 0.3) is 0 Å². The standard InChI is InChI=1S/C18H20N2O2S/c1-2-12-8-9-15-14(10-12)11-16(23-15)18(22)20-19-17(21)13-6-4-3-5-7-13/h3-7,11-12H,2,8-10H2,1H3,(H,19,21)(H,20,22)/t12-/m1/s1. The lowest BCUT2D eigenvalue weighted by Crippen LogP contribution is -2.41. The number of hydrogen-bond acceptors (Lipinski definition) is 3. The zero-order valence-corrected chi connectivity index (χ0v) is 13.9. The second-order valence-electron chi connectivity index (χ2n) is 5.85. The molecule has 4 nitrogen and oxygen atoms in total. The third kappa shape index (κ3) is 3.62. The van der Waals surface area contributed by atoms with Crippen LogP contribution in [0.1, 0.15) is 50.2 Å². The summed E-state index contributed by atoms with van der Waals surface area (Å²) in [6, 6.07) is 10.8. The van der Waals surface area contributed by atoms with E-state index < -0.39 is 0 Å². The monoisotopic (exact) mass is 328 g/mol. The molecule has 0 saturated carbocycles. The molecule has 3 rings (SSSR count). The van der Waals surface area contributed by atoms with E-state index in [0.29, 0.717) is 10.4 Å².